The van der Waals surface area contributed by atoms with Crippen molar-refractivity contribution in [2.75, 3.05) is 18.5 Å². The number of anilines is 2. The fourth-order valence-electron chi connectivity index (χ4n) is 3.19. The van der Waals surface area contributed by atoms with Crippen LogP contribution in [-0.4, -0.2) is 29.4 Å². The summed E-state index contributed by atoms with van der Waals surface area (Å²) >= 11 is 0. The smallest absolute Gasteiger partial charge is 0.381 e. The monoisotopic (exact) mass is 408 g/mol. The van der Waals surface area contributed by atoms with Crippen molar-refractivity contribution in [1.82, 2.24) is 5.06 Å². The summed E-state index contributed by atoms with van der Waals surface area (Å²) in [7, 11) is 0. The Hall–Kier alpha value is -2.58. The zero-order valence-corrected chi connectivity index (χ0v) is 16.0. The number of amides is 1. The summed E-state index contributed by atoms with van der Waals surface area (Å²) in [4.78, 5) is 12.6. The molecule has 0 spiro atoms. The van der Waals surface area contributed by atoms with E-state index in [2.05, 4.69) is 5.32 Å². The van der Waals surface area contributed by atoms with E-state index in [-0.39, 0.29) is 12.5 Å². The van der Waals surface area contributed by atoms with Crippen LogP contribution in [0.3, 0.4) is 0 Å². The van der Waals surface area contributed by atoms with Gasteiger partial charge in [-0.05, 0) is 54.8 Å². The molecule has 2 aromatic rings. The fraction of sp³-hybridized carbons (Fsp3) is 0.381. The number of alkyl halides is 3. The molecule has 8 heteroatoms. The van der Waals surface area contributed by atoms with Crippen molar-refractivity contribution in [3.8, 4) is 0 Å². The third-order valence-corrected chi connectivity index (χ3v) is 5.13. The van der Waals surface area contributed by atoms with Crippen LogP contribution in [0.5, 0.6) is 0 Å². The first-order chi connectivity index (χ1) is 13.7. The van der Waals surface area contributed by atoms with Crippen LogP contribution < -0.4 is 5.32 Å². The standard InChI is InChI=1S/C21H23F3N2O3/c1-20(10-12-29-13-11-20)19(27)26(28)14-15-2-6-17(7-3-15)25-18-8-4-16(5-9-18)21(22,23)24/h2-9,25,28H,10-14H2,1H3. The first kappa shape index (κ1) is 21.1. The van der Waals surface area contributed by atoms with Gasteiger partial charge in [0, 0.05) is 24.6 Å². The predicted octanol–water partition coefficient (Wildman–Crippen LogP) is 4.98. The zero-order chi connectivity index (χ0) is 21.1. The Kier molecular flexibility index (Phi) is 6.14. The van der Waals surface area contributed by atoms with E-state index in [1.54, 1.807) is 24.3 Å². The van der Waals surface area contributed by atoms with Crippen LogP contribution in [0.4, 0.5) is 24.5 Å². The maximum absolute atomic E-state index is 12.6. The molecule has 1 aliphatic heterocycles. The number of ether oxygens (including phenoxy) is 1. The molecule has 0 radical (unpaired) electrons. The molecule has 0 bridgehead atoms. The van der Waals surface area contributed by atoms with Gasteiger partial charge in [0.15, 0.2) is 0 Å². The number of nitrogens with zero attached hydrogens (tertiary/aromatic N) is 1. The van der Waals surface area contributed by atoms with Crippen LogP contribution in [0, 0.1) is 5.41 Å². The molecule has 2 N–H and O–H groups in total. The zero-order valence-electron chi connectivity index (χ0n) is 16.0. The molecular weight excluding hydrogens is 385 g/mol. The molecule has 3 rings (SSSR count). The first-order valence-corrected chi connectivity index (χ1v) is 9.29. The Balaban J connectivity index is 1.59. The highest BCUT2D eigenvalue weighted by Gasteiger charge is 2.38. The molecule has 5 nitrogen and oxygen atoms in total. The number of hydrogen-bond donors (Lipinski definition) is 2. The third-order valence-electron chi connectivity index (χ3n) is 5.13. The van der Waals surface area contributed by atoms with Crippen LogP contribution in [0.15, 0.2) is 48.5 Å². The second-order valence-electron chi connectivity index (χ2n) is 7.43. The lowest BCUT2D eigenvalue weighted by atomic mass is 9.81. The third kappa shape index (κ3) is 5.27. The number of carbonyl (C=O) groups is 1. The molecule has 1 aliphatic rings. The lowest BCUT2D eigenvalue weighted by molar-refractivity contribution is -0.183. The van der Waals surface area contributed by atoms with E-state index in [0.717, 1.165) is 22.8 Å². The van der Waals surface area contributed by atoms with Gasteiger partial charge in [-0.1, -0.05) is 19.1 Å². The van der Waals surface area contributed by atoms with Gasteiger partial charge in [0.05, 0.1) is 17.5 Å². The number of carbonyl (C=O) groups excluding carboxylic acids is 1. The maximum Gasteiger partial charge on any atom is 0.416 e. The summed E-state index contributed by atoms with van der Waals surface area (Å²) in [6, 6.07) is 11.7. The van der Waals surface area contributed by atoms with E-state index in [1.807, 2.05) is 6.92 Å². The Morgan fingerprint density at radius 3 is 2.10 bits per heavy atom. The number of nitrogens with one attached hydrogen (secondary N) is 1. The minimum atomic E-state index is -4.37. The highest BCUT2D eigenvalue weighted by molar-refractivity contribution is 5.81. The number of halogens is 3. The molecule has 1 amide bonds. The molecule has 0 atom stereocenters. The summed E-state index contributed by atoms with van der Waals surface area (Å²) in [6.45, 7) is 2.88. The van der Waals surface area contributed by atoms with Crippen LogP contribution in [0.25, 0.3) is 0 Å². The van der Waals surface area contributed by atoms with Crippen molar-refractivity contribution < 1.29 is 27.9 Å². The molecule has 0 unspecified atom stereocenters. The van der Waals surface area contributed by atoms with Crippen molar-refractivity contribution in [2.45, 2.75) is 32.5 Å². The molecule has 1 heterocycles. The quantitative estimate of drug-likeness (QED) is 0.541. The van der Waals surface area contributed by atoms with Crippen LogP contribution >= 0.6 is 0 Å². The molecule has 2 aromatic carbocycles. The van der Waals surface area contributed by atoms with E-state index in [1.165, 1.54) is 12.1 Å². The minimum absolute atomic E-state index is 0.0514. The lowest BCUT2D eigenvalue weighted by Gasteiger charge is -2.34. The van der Waals surface area contributed by atoms with Gasteiger partial charge in [0.1, 0.15) is 0 Å². The van der Waals surface area contributed by atoms with Crippen LogP contribution in [0.1, 0.15) is 30.9 Å². The average Bonchev–Trinajstić information content (AvgIpc) is 2.69. The van der Waals surface area contributed by atoms with E-state index in [4.69, 9.17) is 4.74 Å². The fourth-order valence-corrected chi connectivity index (χ4v) is 3.19. The maximum atomic E-state index is 12.6. The molecular formula is C21H23F3N2O3. The molecule has 0 aromatic heterocycles. The van der Waals surface area contributed by atoms with Crippen molar-refractivity contribution in [3.05, 3.63) is 59.7 Å². The summed E-state index contributed by atoms with van der Waals surface area (Å²) in [6.07, 6.45) is -3.23. The van der Waals surface area contributed by atoms with Gasteiger partial charge in [0.25, 0.3) is 5.91 Å². The van der Waals surface area contributed by atoms with Crippen LogP contribution in [-0.2, 0) is 22.3 Å². The van der Waals surface area contributed by atoms with Crippen LogP contribution in [0.2, 0.25) is 0 Å². The number of rotatable bonds is 5. The Morgan fingerprint density at radius 2 is 1.59 bits per heavy atom. The van der Waals surface area contributed by atoms with E-state index in [9.17, 15) is 23.2 Å². The van der Waals surface area contributed by atoms with E-state index >= 15 is 0 Å². The van der Waals surface area contributed by atoms with Gasteiger partial charge in [-0.25, -0.2) is 5.06 Å². The Bertz CT molecular complexity index is 830. The molecule has 0 aliphatic carbocycles. The lowest BCUT2D eigenvalue weighted by Crippen LogP contribution is -2.43. The van der Waals surface area contributed by atoms with Crippen molar-refractivity contribution in [1.29, 1.82) is 0 Å². The molecule has 0 saturated carbocycles. The SMILES string of the molecule is CC1(C(=O)N(O)Cc2ccc(Nc3ccc(C(F)(F)F)cc3)cc2)CCOCC1. The van der Waals surface area contributed by atoms with Crippen molar-refractivity contribution >= 4 is 17.3 Å². The van der Waals surface area contributed by atoms with E-state index in [0.29, 0.717) is 37.4 Å². The number of hydrogen-bond acceptors (Lipinski definition) is 4. The highest BCUT2D eigenvalue weighted by Crippen LogP contribution is 2.32. The normalized spacial score (nSPS) is 16.3. The first-order valence-electron chi connectivity index (χ1n) is 9.29. The predicted molar refractivity (Wildman–Crippen MR) is 102 cm³/mol. The molecule has 156 valence electrons. The highest BCUT2D eigenvalue weighted by atomic mass is 19.4. The Labute approximate surface area is 167 Å². The van der Waals surface area contributed by atoms with Gasteiger partial charge in [0.2, 0.25) is 0 Å². The Morgan fingerprint density at radius 1 is 1.07 bits per heavy atom. The minimum Gasteiger partial charge on any atom is -0.381 e. The van der Waals surface area contributed by atoms with Gasteiger partial charge < -0.3 is 10.1 Å². The largest absolute Gasteiger partial charge is 0.416 e. The summed E-state index contributed by atoms with van der Waals surface area (Å²) in [5.41, 5.74) is 0.605. The topological polar surface area (TPSA) is 61.8 Å². The second-order valence-corrected chi connectivity index (χ2v) is 7.43. The summed E-state index contributed by atoms with van der Waals surface area (Å²) < 4.78 is 43.1. The number of benzene rings is 2. The molecule has 1 saturated heterocycles. The molecule has 1 fully saturated rings. The summed E-state index contributed by atoms with van der Waals surface area (Å²) in [5, 5.41) is 14.0. The van der Waals surface area contributed by atoms with Crippen molar-refractivity contribution in [3.63, 3.8) is 0 Å². The van der Waals surface area contributed by atoms with Gasteiger partial charge in [-0.3, -0.25) is 10.0 Å². The van der Waals surface area contributed by atoms with E-state index < -0.39 is 17.2 Å². The van der Waals surface area contributed by atoms with Gasteiger partial charge in [-0.2, -0.15) is 13.2 Å². The molecule has 29 heavy (non-hydrogen) atoms. The van der Waals surface area contributed by atoms with Gasteiger partial charge >= 0.3 is 6.18 Å². The van der Waals surface area contributed by atoms with Crippen molar-refractivity contribution in [2.24, 2.45) is 5.41 Å². The average molecular weight is 408 g/mol. The second kappa shape index (κ2) is 8.42. The number of hydroxylamine groups is 2. The van der Waals surface area contributed by atoms with Gasteiger partial charge in [-0.15, -0.1) is 0 Å². The summed E-state index contributed by atoms with van der Waals surface area (Å²) in [5.74, 6) is -0.326.